The molecule has 0 aliphatic carbocycles. The van der Waals surface area contributed by atoms with E-state index in [4.69, 9.17) is 4.42 Å². The van der Waals surface area contributed by atoms with Gasteiger partial charge in [0.05, 0.1) is 5.52 Å². The molecule has 2 heterocycles. The van der Waals surface area contributed by atoms with Crippen molar-refractivity contribution in [3.05, 3.63) is 34.8 Å². The molecule has 1 aliphatic heterocycles. The number of benzene rings is 1. The summed E-state index contributed by atoms with van der Waals surface area (Å²) in [5.74, 6) is -0.264. The summed E-state index contributed by atoms with van der Waals surface area (Å²) in [5.41, 5.74) is 1.55. The molecule has 5 nitrogen and oxygen atoms in total. The molecule has 21 heavy (non-hydrogen) atoms. The quantitative estimate of drug-likeness (QED) is 0.909. The molecule has 114 valence electrons. The summed E-state index contributed by atoms with van der Waals surface area (Å²) in [4.78, 5) is 14.2. The number of hydrogen-bond acceptors (Lipinski definition) is 4. The molecule has 5 heteroatoms. The zero-order chi connectivity index (χ0) is 14.7. The second-order valence-corrected chi connectivity index (χ2v) is 5.90. The number of nitrogens with one attached hydrogen (secondary N) is 1. The number of piperidine rings is 1. The second kappa shape index (κ2) is 6.45. The minimum atomic E-state index is -0.264. The summed E-state index contributed by atoms with van der Waals surface area (Å²) in [7, 11) is 2.11. The Kier molecular flexibility index (Phi) is 4.41. The lowest BCUT2D eigenvalue weighted by molar-refractivity contribution is 0.253. The maximum absolute atomic E-state index is 11.9. The van der Waals surface area contributed by atoms with E-state index in [1.54, 1.807) is 4.57 Å². The number of para-hydroxylation sites is 2. The molecule has 2 aromatic rings. The number of aromatic nitrogens is 1. The van der Waals surface area contributed by atoms with Crippen LogP contribution in [0.5, 0.6) is 0 Å². The normalized spacial score (nSPS) is 19.4. The molecule has 1 fully saturated rings. The van der Waals surface area contributed by atoms with Crippen LogP contribution >= 0.6 is 0 Å². The van der Waals surface area contributed by atoms with Crippen LogP contribution in [0.4, 0.5) is 0 Å². The Morgan fingerprint density at radius 3 is 3.05 bits per heavy atom. The highest BCUT2D eigenvalue weighted by Crippen LogP contribution is 2.12. The van der Waals surface area contributed by atoms with Crippen LogP contribution in [0, 0.1) is 0 Å². The topological polar surface area (TPSA) is 50.4 Å². The number of nitrogens with zero attached hydrogens (tertiary/aromatic N) is 2. The van der Waals surface area contributed by atoms with E-state index in [1.165, 1.54) is 19.3 Å². The van der Waals surface area contributed by atoms with E-state index in [0.29, 0.717) is 18.2 Å². The average Bonchev–Trinajstić information content (AvgIpc) is 2.81. The summed E-state index contributed by atoms with van der Waals surface area (Å²) >= 11 is 0. The molecule has 3 rings (SSSR count). The van der Waals surface area contributed by atoms with E-state index in [1.807, 2.05) is 24.3 Å². The van der Waals surface area contributed by atoms with Gasteiger partial charge in [0, 0.05) is 25.7 Å². The molecule has 1 N–H and O–H groups in total. The SMILES string of the molecule is CN(CCn1c(=O)oc2ccccc21)CC1CCCCN1. The van der Waals surface area contributed by atoms with Crippen molar-refractivity contribution in [1.82, 2.24) is 14.8 Å². The van der Waals surface area contributed by atoms with Crippen molar-refractivity contribution in [2.24, 2.45) is 0 Å². The van der Waals surface area contributed by atoms with Gasteiger partial charge in [-0.1, -0.05) is 18.6 Å². The van der Waals surface area contributed by atoms with Crippen LogP contribution in [-0.4, -0.2) is 42.2 Å². The van der Waals surface area contributed by atoms with Gasteiger partial charge in [-0.05, 0) is 38.6 Å². The Bertz CT molecular complexity index is 640. The Balaban J connectivity index is 1.60. The molecule has 0 spiro atoms. The van der Waals surface area contributed by atoms with E-state index < -0.39 is 0 Å². The largest absolute Gasteiger partial charge is 0.419 e. The highest BCUT2D eigenvalue weighted by atomic mass is 16.4. The molecular formula is C16H23N3O2. The van der Waals surface area contributed by atoms with Gasteiger partial charge in [0.1, 0.15) is 0 Å². The van der Waals surface area contributed by atoms with Crippen LogP contribution in [0.3, 0.4) is 0 Å². The first kappa shape index (κ1) is 14.4. The van der Waals surface area contributed by atoms with Gasteiger partial charge in [0.15, 0.2) is 5.58 Å². The predicted octanol–water partition coefficient (Wildman–Crippen LogP) is 1.67. The van der Waals surface area contributed by atoms with Crippen molar-refractivity contribution in [3.63, 3.8) is 0 Å². The van der Waals surface area contributed by atoms with Crippen molar-refractivity contribution in [3.8, 4) is 0 Å². The zero-order valence-corrected chi connectivity index (χ0v) is 12.5. The average molecular weight is 289 g/mol. The van der Waals surface area contributed by atoms with Crippen molar-refractivity contribution >= 4 is 11.1 Å². The molecule has 1 aromatic heterocycles. The summed E-state index contributed by atoms with van der Waals surface area (Å²) in [5, 5.41) is 3.56. The van der Waals surface area contributed by atoms with Gasteiger partial charge >= 0.3 is 5.76 Å². The number of likely N-dealkylation sites (N-methyl/N-ethyl adjacent to an activating group) is 1. The monoisotopic (exact) mass is 289 g/mol. The second-order valence-electron chi connectivity index (χ2n) is 5.90. The summed E-state index contributed by atoms with van der Waals surface area (Å²) in [6, 6.07) is 8.17. The molecule has 0 bridgehead atoms. The highest BCUT2D eigenvalue weighted by Gasteiger charge is 2.15. The fourth-order valence-electron chi connectivity index (χ4n) is 3.04. The highest BCUT2D eigenvalue weighted by molar-refractivity contribution is 5.72. The van der Waals surface area contributed by atoms with Gasteiger partial charge in [-0.3, -0.25) is 4.57 Å². The van der Waals surface area contributed by atoms with E-state index in [0.717, 1.165) is 25.2 Å². The van der Waals surface area contributed by atoms with Crippen LogP contribution in [0.2, 0.25) is 0 Å². The first-order valence-corrected chi connectivity index (χ1v) is 7.74. The van der Waals surface area contributed by atoms with Crippen LogP contribution in [0.15, 0.2) is 33.5 Å². The first-order valence-electron chi connectivity index (χ1n) is 7.74. The Labute approximate surface area is 124 Å². The smallest absolute Gasteiger partial charge is 0.408 e. The molecule has 0 saturated carbocycles. The van der Waals surface area contributed by atoms with Crippen LogP contribution in [0.1, 0.15) is 19.3 Å². The number of rotatable bonds is 5. The molecule has 0 radical (unpaired) electrons. The maximum Gasteiger partial charge on any atom is 0.419 e. The van der Waals surface area contributed by atoms with Gasteiger partial charge in [0.25, 0.3) is 0 Å². The lowest BCUT2D eigenvalue weighted by Gasteiger charge is -2.28. The van der Waals surface area contributed by atoms with Crippen molar-refractivity contribution in [2.45, 2.75) is 31.8 Å². The van der Waals surface area contributed by atoms with Crippen LogP contribution in [0.25, 0.3) is 11.1 Å². The first-order chi connectivity index (χ1) is 10.2. The fourth-order valence-corrected chi connectivity index (χ4v) is 3.04. The zero-order valence-electron chi connectivity index (χ0n) is 12.5. The molecule has 0 amide bonds. The Morgan fingerprint density at radius 2 is 2.24 bits per heavy atom. The Morgan fingerprint density at radius 1 is 1.38 bits per heavy atom. The van der Waals surface area contributed by atoms with Crippen LogP contribution in [-0.2, 0) is 6.54 Å². The molecule has 1 unspecified atom stereocenters. The van der Waals surface area contributed by atoms with Gasteiger partial charge in [-0.25, -0.2) is 4.79 Å². The number of fused-ring (bicyclic) bond motifs is 1. The van der Waals surface area contributed by atoms with Crippen molar-refractivity contribution in [1.29, 1.82) is 0 Å². The summed E-state index contributed by atoms with van der Waals surface area (Å²) in [6.07, 6.45) is 3.85. The van der Waals surface area contributed by atoms with Gasteiger partial charge in [-0.2, -0.15) is 0 Å². The van der Waals surface area contributed by atoms with Crippen molar-refractivity contribution in [2.75, 3.05) is 26.7 Å². The molecule has 1 aliphatic rings. The molecular weight excluding hydrogens is 266 g/mol. The van der Waals surface area contributed by atoms with Gasteiger partial charge < -0.3 is 14.6 Å². The van der Waals surface area contributed by atoms with E-state index in [-0.39, 0.29) is 5.76 Å². The fraction of sp³-hybridized carbons (Fsp3) is 0.562. The van der Waals surface area contributed by atoms with Crippen molar-refractivity contribution < 1.29 is 4.42 Å². The summed E-state index contributed by atoms with van der Waals surface area (Å²) < 4.78 is 6.98. The third-order valence-corrected chi connectivity index (χ3v) is 4.22. The number of hydrogen-bond donors (Lipinski definition) is 1. The summed E-state index contributed by atoms with van der Waals surface area (Å²) in [6.45, 7) is 3.68. The standard InChI is InChI=1S/C16H23N3O2/c1-18(12-13-6-4-5-9-17-13)10-11-19-14-7-2-3-8-15(14)21-16(19)20/h2-3,7-8,13,17H,4-6,9-12H2,1H3. The van der Waals surface area contributed by atoms with Gasteiger partial charge in [0.2, 0.25) is 0 Å². The van der Waals surface area contributed by atoms with Gasteiger partial charge in [-0.15, -0.1) is 0 Å². The minimum absolute atomic E-state index is 0.264. The number of oxazole rings is 1. The van der Waals surface area contributed by atoms with E-state index >= 15 is 0 Å². The van der Waals surface area contributed by atoms with E-state index in [2.05, 4.69) is 17.3 Å². The Hall–Kier alpha value is -1.59. The molecule has 1 atom stereocenters. The maximum atomic E-state index is 11.9. The molecule has 1 saturated heterocycles. The molecule has 1 aromatic carbocycles. The third kappa shape index (κ3) is 3.36. The third-order valence-electron chi connectivity index (χ3n) is 4.22. The lowest BCUT2D eigenvalue weighted by Crippen LogP contribution is -2.43. The predicted molar refractivity (Wildman–Crippen MR) is 83.6 cm³/mol. The minimum Gasteiger partial charge on any atom is -0.408 e. The lowest BCUT2D eigenvalue weighted by atomic mass is 10.0. The van der Waals surface area contributed by atoms with E-state index in [9.17, 15) is 4.79 Å². The van der Waals surface area contributed by atoms with Crippen LogP contribution < -0.4 is 11.1 Å².